The third-order valence-electron chi connectivity index (χ3n) is 3.74. The van der Waals surface area contributed by atoms with E-state index in [1.54, 1.807) is 0 Å². The van der Waals surface area contributed by atoms with Crippen molar-refractivity contribution < 1.29 is 4.74 Å². The lowest BCUT2D eigenvalue weighted by Gasteiger charge is -2.28. The Bertz CT molecular complexity index is 811. The van der Waals surface area contributed by atoms with Crippen LogP contribution in [0.25, 0.3) is 0 Å². The van der Waals surface area contributed by atoms with E-state index in [9.17, 15) is 0 Å². The summed E-state index contributed by atoms with van der Waals surface area (Å²) >= 11 is 43.8. The molecule has 0 saturated heterocycles. The van der Waals surface area contributed by atoms with Crippen LogP contribution in [0.15, 0.2) is 44.7 Å². The van der Waals surface area contributed by atoms with Crippen molar-refractivity contribution in [1.82, 2.24) is 0 Å². The number of rotatable bonds is 6. The molecule has 0 amide bonds. The van der Waals surface area contributed by atoms with Crippen LogP contribution in [-0.4, -0.2) is 10.7 Å². The first kappa shape index (κ1) is 29.4. The molecule has 0 saturated carbocycles. The van der Waals surface area contributed by atoms with Gasteiger partial charge in [-0.05, 0) is 159 Å². The minimum atomic E-state index is -0.248. The van der Waals surface area contributed by atoms with Gasteiger partial charge in [-0.1, -0.05) is 31.9 Å². The fourth-order valence-corrected chi connectivity index (χ4v) is 10.5. The van der Waals surface area contributed by atoms with Gasteiger partial charge in [0.15, 0.2) is 0 Å². The van der Waals surface area contributed by atoms with Gasteiger partial charge >= 0.3 is 0 Å². The largest absolute Gasteiger partial charge is 0.364 e. The van der Waals surface area contributed by atoms with Crippen LogP contribution in [0.5, 0.6) is 0 Å². The lowest BCUT2D eigenvalue weighted by atomic mass is 10.1. The molecule has 2 unspecified atom stereocenters. The second kappa shape index (κ2) is 12.9. The van der Waals surface area contributed by atoms with E-state index in [0.29, 0.717) is 10.7 Å². The maximum Gasteiger partial charge on any atom is 0.0953 e. The van der Waals surface area contributed by atoms with Crippen LogP contribution < -0.4 is 0 Å². The molecule has 0 heterocycles. The first-order valence-corrected chi connectivity index (χ1v) is 17.5. The molecule has 0 radical (unpaired) electrons. The van der Waals surface area contributed by atoms with Gasteiger partial charge in [0, 0.05) is 66.5 Å². The first-order valence-electron chi connectivity index (χ1n) is 7.29. The summed E-state index contributed by atoms with van der Waals surface area (Å²) in [5, 5.41) is 1.20. The first-order chi connectivity index (χ1) is 13.5. The summed E-state index contributed by atoms with van der Waals surface area (Å²) in [5.74, 6) is 0. The van der Waals surface area contributed by atoms with Crippen molar-refractivity contribution in [3.05, 3.63) is 55.9 Å². The quantitative estimate of drug-likeness (QED) is 0.159. The van der Waals surface area contributed by atoms with Gasteiger partial charge < -0.3 is 4.74 Å². The molecule has 2 aromatic rings. The molecular formula is C16H6Br12O. The molecule has 2 aromatic carbocycles. The highest BCUT2D eigenvalue weighted by atomic mass is 79.9. The molecular weight excluding hydrogens is 1170 g/mol. The highest BCUT2D eigenvalue weighted by molar-refractivity contribution is 9.16. The smallest absolute Gasteiger partial charge is 0.0953 e. The zero-order valence-corrected chi connectivity index (χ0v) is 32.5. The second-order valence-corrected chi connectivity index (χ2v) is 14.6. The maximum atomic E-state index is 6.62. The van der Waals surface area contributed by atoms with E-state index in [2.05, 4.69) is 191 Å². The molecule has 29 heavy (non-hydrogen) atoms. The fourth-order valence-electron chi connectivity index (χ4n) is 2.37. The Hall–Kier alpha value is 4.16. The topological polar surface area (TPSA) is 9.23 Å². The summed E-state index contributed by atoms with van der Waals surface area (Å²) in [5.41, 5.74) is 1.97. The number of alkyl halides is 2. The number of hydrogen-bond donors (Lipinski definition) is 0. The Morgan fingerprint density at radius 1 is 0.414 bits per heavy atom. The van der Waals surface area contributed by atoms with E-state index in [0.717, 1.165) is 55.9 Å². The molecule has 0 aromatic heterocycles. The van der Waals surface area contributed by atoms with Crippen LogP contribution in [0.3, 0.4) is 0 Å². The maximum absolute atomic E-state index is 6.62. The molecule has 0 N–H and O–H groups in total. The third-order valence-corrected chi connectivity index (χ3v) is 17.2. The van der Waals surface area contributed by atoms with E-state index < -0.39 is 0 Å². The standard InChI is InChI=1S/C16H6Br12O/c17-1-3(5-7(19)11(23)15(27)12(24)8(5)20)29-4(2-18)6-9(21)13(25)16(28)14(26)10(6)22/h3-4H,1-2H2. The van der Waals surface area contributed by atoms with Crippen molar-refractivity contribution in [1.29, 1.82) is 0 Å². The SMILES string of the molecule is BrCC(OC(CBr)c1c(Br)c(Br)c(Br)c(Br)c1Br)c1c(Br)c(Br)c(Br)c(Br)c1Br. The Morgan fingerprint density at radius 2 is 0.621 bits per heavy atom. The van der Waals surface area contributed by atoms with Crippen LogP contribution in [0.1, 0.15) is 23.3 Å². The molecule has 0 bridgehead atoms. The Morgan fingerprint density at radius 3 is 0.828 bits per heavy atom. The van der Waals surface area contributed by atoms with E-state index in [4.69, 9.17) is 4.74 Å². The monoisotopic (exact) mass is 1160 g/mol. The molecule has 160 valence electrons. The summed E-state index contributed by atoms with van der Waals surface area (Å²) in [6, 6.07) is 0. The van der Waals surface area contributed by atoms with E-state index in [1.807, 2.05) is 0 Å². The Kier molecular flexibility index (Phi) is 13.1. The number of hydrogen-bond acceptors (Lipinski definition) is 1. The number of benzene rings is 2. The predicted molar refractivity (Wildman–Crippen MR) is 164 cm³/mol. The number of halogens is 12. The van der Waals surface area contributed by atoms with Crippen molar-refractivity contribution in [2.24, 2.45) is 0 Å². The van der Waals surface area contributed by atoms with Crippen LogP contribution in [0, 0.1) is 0 Å². The average Bonchev–Trinajstić information content (AvgIpc) is 2.71. The van der Waals surface area contributed by atoms with Crippen LogP contribution in [0.2, 0.25) is 0 Å². The molecule has 0 spiro atoms. The van der Waals surface area contributed by atoms with Crippen LogP contribution >= 0.6 is 191 Å². The van der Waals surface area contributed by atoms with Crippen molar-refractivity contribution in [3.63, 3.8) is 0 Å². The minimum Gasteiger partial charge on any atom is -0.364 e. The van der Waals surface area contributed by atoms with Crippen molar-refractivity contribution in [3.8, 4) is 0 Å². The molecule has 0 aliphatic carbocycles. The summed E-state index contributed by atoms with van der Waals surface area (Å²) in [7, 11) is 0. The highest BCUT2D eigenvalue weighted by Crippen LogP contribution is 2.51. The fraction of sp³-hybridized carbons (Fsp3) is 0.250. The van der Waals surface area contributed by atoms with Crippen LogP contribution in [-0.2, 0) is 4.74 Å². The van der Waals surface area contributed by atoms with E-state index in [1.165, 1.54) is 0 Å². The van der Waals surface area contributed by atoms with Crippen molar-refractivity contribution >= 4 is 191 Å². The molecule has 1 nitrogen and oxygen atoms in total. The van der Waals surface area contributed by atoms with Crippen molar-refractivity contribution in [2.45, 2.75) is 12.2 Å². The van der Waals surface area contributed by atoms with Gasteiger partial charge in [-0.3, -0.25) is 0 Å². The van der Waals surface area contributed by atoms with Gasteiger partial charge in [0.25, 0.3) is 0 Å². The zero-order valence-electron chi connectivity index (χ0n) is 13.5. The molecule has 2 atom stereocenters. The highest BCUT2D eigenvalue weighted by Gasteiger charge is 2.30. The lowest BCUT2D eigenvalue weighted by molar-refractivity contribution is 0.0111. The summed E-state index contributed by atoms with van der Waals surface area (Å²) in [6.45, 7) is 0. The Balaban J connectivity index is 2.60. The normalized spacial score (nSPS) is 13.7. The van der Waals surface area contributed by atoms with E-state index >= 15 is 0 Å². The molecule has 13 heteroatoms. The summed E-state index contributed by atoms with van der Waals surface area (Å²) < 4.78 is 15.7. The molecule has 2 rings (SSSR count). The van der Waals surface area contributed by atoms with Gasteiger partial charge in [0.1, 0.15) is 0 Å². The van der Waals surface area contributed by atoms with Gasteiger partial charge in [0.05, 0.1) is 12.2 Å². The molecule has 0 aliphatic rings. The average molecular weight is 1170 g/mol. The predicted octanol–water partition coefficient (Wildman–Crippen LogP) is 12.9. The zero-order chi connectivity index (χ0) is 22.2. The third kappa shape index (κ3) is 6.30. The summed E-state index contributed by atoms with van der Waals surface area (Å²) in [6.07, 6.45) is -0.496. The second-order valence-electron chi connectivity index (χ2n) is 5.39. The minimum absolute atomic E-state index is 0.248. The lowest BCUT2D eigenvalue weighted by Crippen LogP contribution is -2.16. The van der Waals surface area contributed by atoms with Gasteiger partial charge in [-0.2, -0.15) is 0 Å². The molecule has 0 aliphatic heterocycles. The van der Waals surface area contributed by atoms with Gasteiger partial charge in [-0.15, -0.1) is 0 Å². The van der Waals surface area contributed by atoms with Gasteiger partial charge in [0.2, 0.25) is 0 Å². The Labute approximate surface area is 269 Å². The van der Waals surface area contributed by atoms with Gasteiger partial charge in [-0.25, -0.2) is 0 Å². The molecule has 0 fully saturated rings. The number of ether oxygens (including phenoxy) is 1. The van der Waals surface area contributed by atoms with Crippen molar-refractivity contribution in [2.75, 3.05) is 10.7 Å². The van der Waals surface area contributed by atoms with E-state index in [-0.39, 0.29) is 12.2 Å². The summed E-state index contributed by atoms with van der Waals surface area (Å²) in [4.78, 5) is 0. The van der Waals surface area contributed by atoms with Crippen LogP contribution in [0.4, 0.5) is 0 Å².